The molecule has 0 bridgehead atoms. The largest absolute Gasteiger partial charge is 0.487 e. The van der Waals surface area contributed by atoms with Gasteiger partial charge in [-0.05, 0) is 25.0 Å². The van der Waals surface area contributed by atoms with E-state index in [0.29, 0.717) is 12.0 Å². The zero-order valence-electron chi connectivity index (χ0n) is 11.1. The lowest BCUT2D eigenvalue weighted by atomic mass is 9.83. The van der Waals surface area contributed by atoms with Crippen LogP contribution in [0, 0.1) is 0 Å². The van der Waals surface area contributed by atoms with Crippen LogP contribution < -0.4 is 10.5 Å². The van der Waals surface area contributed by atoms with Crippen LogP contribution in [0.15, 0.2) is 18.2 Å². The second kappa shape index (κ2) is 4.71. The number of hydrogen-bond donors (Lipinski definition) is 1. The van der Waals surface area contributed by atoms with Gasteiger partial charge in [0.25, 0.3) is 0 Å². The number of hydrogen-bond acceptors (Lipinski definition) is 2. The van der Waals surface area contributed by atoms with Crippen molar-refractivity contribution in [3.63, 3.8) is 0 Å². The van der Waals surface area contributed by atoms with Crippen LogP contribution in [0.1, 0.15) is 50.3 Å². The van der Waals surface area contributed by atoms with Crippen LogP contribution in [0.5, 0.6) is 5.75 Å². The van der Waals surface area contributed by atoms with Crippen LogP contribution in [-0.4, -0.2) is 5.60 Å². The van der Waals surface area contributed by atoms with E-state index in [1.54, 1.807) is 0 Å². The molecule has 1 aromatic carbocycles. The van der Waals surface area contributed by atoms with E-state index in [1.165, 1.54) is 6.07 Å². The SMILES string of the molecule is CCC1(CC)CC(N)c2ccc(C(F)(F)F)cc2O1. The molecule has 1 aliphatic heterocycles. The number of benzene rings is 1. The average Bonchev–Trinajstić information content (AvgIpc) is 2.36. The van der Waals surface area contributed by atoms with Gasteiger partial charge in [0.2, 0.25) is 0 Å². The van der Waals surface area contributed by atoms with Gasteiger partial charge in [-0.1, -0.05) is 19.9 Å². The first-order valence-corrected chi connectivity index (χ1v) is 6.47. The molecule has 0 radical (unpaired) electrons. The Morgan fingerprint density at radius 1 is 1.32 bits per heavy atom. The van der Waals surface area contributed by atoms with E-state index in [9.17, 15) is 13.2 Å². The van der Waals surface area contributed by atoms with E-state index < -0.39 is 17.3 Å². The smallest absolute Gasteiger partial charge is 0.416 e. The zero-order chi connectivity index (χ0) is 14.3. The van der Waals surface area contributed by atoms with E-state index >= 15 is 0 Å². The molecule has 1 heterocycles. The Bertz CT molecular complexity index is 466. The number of rotatable bonds is 2. The van der Waals surface area contributed by atoms with Crippen LogP contribution in [0.2, 0.25) is 0 Å². The first-order valence-electron chi connectivity index (χ1n) is 6.47. The molecule has 0 fully saturated rings. The summed E-state index contributed by atoms with van der Waals surface area (Å²) < 4.78 is 44.0. The summed E-state index contributed by atoms with van der Waals surface area (Å²) in [5, 5.41) is 0. The standard InChI is InChI=1S/C14H18F3NO/c1-3-13(4-2)8-11(18)10-6-5-9(14(15,16)17)7-12(10)19-13/h5-7,11H,3-4,8,18H2,1-2H3. The Hall–Kier alpha value is -1.23. The van der Waals surface area contributed by atoms with Gasteiger partial charge in [0.15, 0.2) is 0 Å². The summed E-state index contributed by atoms with van der Waals surface area (Å²) in [4.78, 5) is 0. The second-order valence-corrected chi connectivity index (χ2v) is 5.05. The van der Waals surface area contributed by atoms with E-state index in [-0.39, 0.29) is 11.8 Å². The van der Waals surface area contributed by atoms with Crippen LogP contribution in [0.3, 0.4) is 0 Å². The highest BCUT2D eigenvalue weighted by Crippen LogP contribution is 2.43. The molecule has 106 valence electrons. The number of fused-ring (bicyclic) bond motifs is 1. The van der Waals surface area contributed by atoms with Gasteiger partial charge in [0.1, 0.15) is 11.4 Å². The quantitative estimate of drug-likeness (QED) is 0.882. The van der Waals surface area contributed by atoms with E-state index in [1.807, 2.05) is 13.8 Å². The molecule has 1 aromatic rings. The molecule has 1 aliphatic rings. The molecule has 0 amide bonds. The first kappa shape index (κ1) is 14.2. The first-order chi connectivity index (χ1) is 8.81. The summed E-state index contributed by atoms with van der Waals surface area (Å²) in [6.07, 6.45) is -2.26. The van der Waals surface area contributed by atoms with Gasteiger partial charge in [-0.3, -0.25) is 0 Å². The van der Waals surface area contributed by atoms with Gasteiger partial charge < -0.3 is 10.5 Å². The van der Waals surface area contributed by atoms with Crippen molar-refractivity contribution in [3.8, 4) is 5.75 Å². The maximum Gasteiger partial charge on any atom is 0.416 e. The molecule has 0 saturated carbocycles. The summed E-state index contributed by atoms with van der Waals surface area (Å²) in [6.45, 7) is 3.93. The fraction of sp³-hybridized carbons (Fsp3) is 0.571. The molecule has 1 unspecified atom stereocenters. The Morgan fingerprint density at radius 2 is 1.95 bits per heavy atom. The summed E-state index contributed by atoms with van der Waals surface area (Å²) in [5.74, 6) is 0.275. The monoisotopic (exact) mass is 273 g/mol. The zero-order valence-corrected chi connectivity index (χ0v) is 11.1. The molecule has 1 atom stereocenters. The van der Waals surface area contributed by atoms with Gasteiger partial charge in [-0.25, -0.2) is 0 Å². The normalized spacial score (nSPS) is 21.7. The van der Waals surface area contributed by atoms with Crippen molar-refractivity contribution < 1.29 is 17.9 Å². The molecule has 5 heteroatoms. The molecular weight excluding hydrogens is 255 g/mol. The van der Waals surface area contributed by atoms with E-state index in [2.05, 4.69) is 0 Å². The molecule has 2 nitrogen and oxygen atoms in total. The number of ether oxygens (including phenoxy) is 1. The molecule has 0 aromatic heterocycles. The van der Waals surface area contributed by atoms with Crippen molar-refractivity contribution in [2.75, 3.05) is 0 Å². The Labute approximate surface area is 110 Å². The average molecular weight is 273 g/mol. The van der Waals surface area contributed by atoms with Crippen molar-refractivity contribution in [1.29, 1.82) is 0 Å². The van der Waals surface area contributed by atoms with E-state index in [4.69, 9.17) is 10.5 Å². The third kappa shape index (κ3) is 2.56. The van der Waals surface area contributed by atoms with Crippen LogP contribution in [0.4, 0.5) is 13.2 Å². The Balaban J connectivity index is 2.44. The van der Waals surface area contributed by atoms with Gasteiger partial charge in [-0.15, -0.1) is 0 Å². The lowest BCUT2D eigenvalue weighted by Gasteiger charge is -2.40. The summed E-state index contributed by atoms with van der Waals surface area (Å²) >= 11 is 0. The Kier molecular flexibility index (Phi) is 3.51. The molecule has 2 rings (SSSR count). The molecule has 2 N–H and O–H groups in total. The van der Waals surface area contributed by atoms with Gasteiger partial charge in [-0.2, -0.15) is 13.2 Å². The highest BCUT2D eigenvalue weighted by molar-refractivity contribution is 5.42. The summed E-state index contributed by atoms with van der Waals surface area (Å²) in [6, 6.07) is 3.28. The number of alkyl halides is 3. The fourth-order valence-electron chi connectivity index (χ4n) is 2.57. The summed E-state index contributed by atoms with van der Waals surface area (Å²) in [5.41, 5.74) is 5.59. The predicted molar refractivity (Wildman–Crippen MR) is 66.9 cm³/mol. The third-order valence-corrected chi connectivity index (χ3v) is 3.95. The lowest BCUT2D eigenvalue weighted by molar-refractivity contribution is -0.137. The summed E-state index contributed by atoms with van der Waals surface area (Å²) in [7, 11) is 0. The van der Waals surface area contributed by atoms with Crippen molar-refractivity contribution in [2.24, 2.45) is 5.73 Å². The van der Waals surface area contributed by atoms with Crippen LogP contribution in [-0.2, 0) is 6.18 Å². The lowest BCUT2D eigenvalue weighted by Crippen LogP contribution is -2.42. The molecule has 19 heavy (non-hydrogen) atoms. The highest BCUT2D eigenvalue weighted by atomic mass is 19.4. The van der Waals surface area contributed by atoms with Crippen LogP contribution in [0.25, 0.3) is 0 Å². The predicted octanol–water partition coefficient (Wildman–Crippen LogP) is 4.05. The topological polar surface area (TPSA) is 35.2 Å². The minimum Gasteiger partial charge on any atom is -0.487 e. The van der Waals surface area contributed by atoms with Gasteiger partial charge in [0.05, 0.1) is 5.56 Å². The molecule has 0 saturated heterocycles. The van der Waals surface area contributed by atoms with Crippen molar-refractivity contribution in [1.82, 2.24) is 0 Å². The third-order valence-electron chi connectivity index (χ3n) is 3.95. The highest BCUT2D eigenvalue weighted by Gasteiger charge is 2.39. The second-order valence-electron chi connectivity index (χ2n) is 5.05. The maximum absolute atomic E-state index is 12.7. The molecule has 0 spiro atoms. The van der Waals surface area contributed by atoms with Gasteiger partial charge in [0, 0.05) is 18.0 Å². The molecule has 0 aliphatic carbocycles. The van der Waals surface area contributed by atoms with Crippen molar-refractivity contribution in [2.45, 2.75) is 50.9 Å². The minimum atomic E-state index is -4.36. The van der Waals surface area contributed by atoms with Gasteiger partial charge >= 0.3 is 6.18 Å². The number of halogens is 3. The van der Waals surface area contributed by atoms with Crippen LogP contribution >= 0.6 is 0 Å². The fourth-order valence-corrected chi connectivity index (χ4v) is 2.57. The maximum atomic E-state index is 12.7. The van der Waals surface area contributed by atoms with Crippen molar-refractivity contribution in [3.05, 3.63) is 29.3 Å². The van der Waals surface area contributed by atoms with E-state index in [0.717, 1.165) is 25.0 Å². The minimum absolute atomic E-state index is 0.272. The Morgan fingerprint density at radius 3 is 2.47 bits per heavy atom. The number of nitrogens with two attached hydrogens (primary N) is 1. The van der Waals surface area contributed by atoms with Crippen molar-refractivity contribution >= 4 is 0 Å². The molecular formula is C14H18F3NO.